The van der Waals surface area contributed by atoms with Gasteiger partial charge in [0.15, 0.2) is 0 Å². The van der Waals surface area contributed by atoms with Crippen LogP contribution in [0.5, 0.6) is 0 Å². The number of pyridine rings is 2. The van der Waals surface area contributed by atoms with Crippen molar-refractivity contribution in [1.82, 2.24) is 9.97 Å². The summed E-state index contributed by atoms with van der Waals surface area (Å²) in [5.74, 6) is 7.59. The van der Waals surface area contributed by atoms with Crippen LogP contribution in [0.4, 0.5) is 4.39 Å². The van der Waals surface area contributed by atoms with Gasteiger partial charge < -0.3 is 4.98 Å². The van der Waals surface area contributed by atoms with E-state index in [-0.39, 0.29) is 25.9 Å². The van der Waals surface area contributed by atoms with E-state index in [1.54, 1.807) is 11.3 Å². The Morgan fingerprint density at radius 2 is 1.53 bits per heavy atom. The topological polar surface area (TPSA) is 25.8 Å². The van der Waals surface area contributed by atoms with Gasteiger partial charge in [-0.1, -0.05) is 60.5 Å². The van der Waals surface area contributed by atoms with Crippen molar-refractivity contribution in [1.29, 1.82) is 0 Å². The first-order valence-electron chi connectivity index (χ1n) is 16.9. The third-order valence-electron chi connectivity index (χ3n) is 9.34. The number of thiophene rings is 1. The summed E-state index contributed by atoms with van der Waals surface area (Å²) in [5.41, 5.74) is 7.73. The van der Waals surface area contributed by atoms with Gasteiger partial charge in [0.1, 0.15) is 5.82 Å². The van der Waals surface area contributed by atoms with Crippen molar-refractivity contribution in [3.8, 4) is 33.6 Å². The maximum absolute atomic E-state index is 13.3. The number of hydrogen-bond donors (Lipinski definition) is 0. The zero-order valence-electron chi connectivity index (χ0n) is 28.1. The second-order valence-corrected chi connectivity index (χ2v) is 25.4. The molecule has 1 aliphatic carbocycles. The molecule has 0 aliphatic heterocycles. The smallest absolute Gasteiger partial charge is 0 e. The molecule has 249 valence electrons. The Bertz CT molecular complexity index is 2150. The molecular formula is C43H39FGeIrN2S-2. The van der Waals surface area contributed by atoms with E-state index in [0.29, 0.717) is 5.92 Å². The zero-order chi connectivity index (χ0) is 33.1. The second-order valence-electron chi connectivity index (χ2n) is 13.7. The Hall–Kier alpha value is -3.48. The van der Waals surface area contributed by atoms with E-state index in [1.165, 1.54) is 74.4 Å². The Morgan fingerprint density at radius 3 is 2.24 bits per heavy atom. The molecule has 4 aromatic carbocycles. The zero-order valence-corrected chi connectivity index (χ0v) is 33.4. The van der Waals surface area contributed by atoms with Crippen LogP contribution in [0.3, 0.4) is 0 Å². The van der Waals surface area contributed by atoms with E-state index in [9.17, 15) is 4.39 Å². The van der Waals surface area contributed by atoms with Crippen molar-refractivity contribution in [3.63, 3.8) is 0 Å². The molecular weight excluding hydrogens is 860 g/mol. The predicted molar refractivity (Wildman–Crippen MR) is 204 cm³/mol. The van der Waals surface area contributed by atoms with Crippen LogP contribution in [0.15, 0.2) is 116 Å². The molecule has 7 aromatic rings. The van der Waals surface area contributed by atoms with Gasteiger partial charge in [-0.05, 0) is 69.9 Å². The summed E-state index contributed by atoms with van der Waals surface area (Å²) in [7, 11) is 0. The van der Waals surface area contributed by atoms with Crippen LogP contribution >= 0.6 is 11.3 Å². The van der Waals surface area contributed by atoms with E-state index in [2.05, 4.69) is 82.9 Å². The number of rotatable bonds is 5. The third kappa shape index (κ3) is 8.13. The summed E-state index contributed by atoms with van der Waals surface area (Å²) in [6, 6.07) is 40.8. The second kappa shape index (κ2) is 15.6. The van der Waals surface area contributed by atoms with Crippen LogP contribution in [0.1, 0.15) is 43.6 Å². The molecule has 1 fully saturated rings. The number of halogens is 1. The van der Waals surface area contributed by atoms with Gasteiger partial charge in [-0.3, -0.25) is 0 Å². The molecule has 0 bridgehead atoms. The Morgan fingerprint density at radius 1 is 0.735 bits per heavy atom. The molecule has 6 heteroatoms. The monoisotopic (exact) mass is 901 g/mol. The van der Waals surface area contributed by atoms with E-state index in [1.807, 2.05) is 54.9 Å². The fourth-order valence-corrected chi connectivity index (χ4v) is 10.00. The van der Waals surface area contributed by atoms with Crippen LogP contribution in [0.25, 0.3) is 53.8 Å². The van der Waals surface area contributed by atoms with Crippen molar-refractivity contribution >= 4 is 49.2 Å². The molecule has 8 rings (SSSR count). The van der Waals surface area contributed by atoms with Crippen LogP contribution in [-0.2, 0) is 20.1 Å². The van der Waals surface area contributed by atoms with Gasteiger partial charge in [-0.15, -0.1) is 23.8 Å². The molecule has 1 radical (unpaired) electrons. The van der Waals surface area contributed by atoms with Crippen molar-refractivity contribution in [3.05, 3.63) is 139 Å². The minimum absolute atomic E-state index is 0. The number of fused-ring (bicyclic) bond motifs is 3. The summed E-state index contributed by atoms with van der Waals surface area (Å²) in [4.78, 5) is 9.27. The molecule has 0 N–H and O–H groups in total. The molecule has 2 nitrogen and oxygen atoms in total. The van der Waals surface area contributed by atoms with E-state index < -0.39 is 13.3 Å². The SMILES string of the molecule is Fc1ccc(-c2ccc3c(c2)sc2c(-c4cc(C5CCCCC5)ccn4)[c-]ccc23)cc1.[CH3][Ge]([CH3])([CH3])[c]1ccc(-c2[c-]cccc2)nc1.[Ir]. The fourth-order valence-electron chi connectivity index (χ4n) is 6.58. The third-order valence-corrected chi connectivity index (χ3v) is 14.8. The van der Waals surface area contributed by atoms with Gasteiger partial charge in [0, 0.05) is 31.0 Å². The van der Waals surface area contributed by atoms with Crippen molar-refractivity contribution in [2.45, 2.75) is 55.3 Å². The fraction of sp³-hybridized carbons (Fsp3) is 0.209. The van der Waals surface area contributed by atoms with Gasteiger partial charge in [-0.2, -0.15) is 11.3 Å². The van der Waals surface area contributed by atoms with Crippen LogP contribution in [-0.4, -0.2) is 23.2 Å². The summed E-state index contributed by atoms with van der Waals surface area (Å²) >= 11 is 0.0753. The van der Waals surface area contributed by atoms with Gasteiger partial charge in [0.2, 0.25) is 0 Å². The van der Waals surface area contributed by atoms with Gasteiger partial charge in [-0.25, -0.2) is 4.39 Å². The Balaban J connectivity index is 0.000000208. The maximum atomic E-state index is 13.3. The largest absolute Gasteiger partial charge is 0 e. The Labute approximate surface area is 309 Å². The summed E-state index contributed by atoms with van der Waals surface area (Å²) in [5, 5.41) is 2.49. The van der Waals surface area contributed by atoms with Crippen LogP contribution in [0.2, 0.25) is 17.3 Å². The number of benzene rings is 4. The average molecular weight is 900 g/mol. The Kier molecular flexibility index (Phi) is 11.3. The predicted octanol–water partition coefficient (Wildman–Crippen LogP) is 11.9. The summed E-state index contributed by atoms with van der Waals surface area (Å²) in [6.07, 6.45) is 10.6. The molecule has 3 aromatic heterocycles. The first-order valence-corrected chi connectivity index (χ1v) is 25.0. The van der Waals surface area contributed by atoms with Gasteiger partial charge in [0.25, 0.3) is 0 Å². The van der Waals surface area contributed by atoms with Crippen molar-refractivity contribution < 1.29 is 24.5 Å². The first-order chi connectivity index (χ1) is 23.3. The van der Waals surface area contributed by atoms with E-state index in [4.69, 9.17) is 4.98 Å². The standard InChI is InChI=1S/C29H23FNS.C14H16GeN.Ir/c30-23-12-9-20(10-13-23)21-11-14-24-25-7-4-8-26(29(25)32-28(24)18-21)27-17-22(15-16-31-27)19-5-2-1-3-6-19;1-15(2,3)13-9-10-14(16-11-13)12-7-5-4-6-8-12;/h4,7,9-19H,1-3,5-6H2;4-7,9-11H,1-3H3;/q2*-1;. The molecule has 0 saturated heterocycles. The average Bonchev–Trinajstić information content (AvgIpc) is 3.51. The number of hydrogen-bond acceptors (Lipinski definition) is 3. The minimum Gasteiger partial charge on any atom is 0 e. The quantitative estimate of drug-likeness (QED) is 0.127. The van der Waals surface area contributed by atoms with Crippen LogP contribution in [0, 0.1) is 17.9 Å². The number of nitrogens with zero attached hydrogens (tertiary/aromatic N) is 2. The van der Waals surface area contributed by atoms with Crippen molar-refractivity contribution in [2.24, 2.45) is 0 Å². The van der Waals surface area contributed by atoms with E-state index in [0.717, 1.165) is 33.6 Å². The van der Waals surface area contributed by atoms with Gasteiger partial charge >= 0.3 is 99.8 Å². The summed E-state index contributed by atoms with van der Waals surface area (Å²) in [6.45, 7) is 0. The molecule has 0 unspecified atom stereocenters. The molecule has 1 aliphatic rings. The van der Waals surface area contributed by atoms with E-state index >= 15 is 0 Å². The first kappa shape index (κ1) is 35.4. The number of aromatic nitrogens is 2. The molecule has 1 saturated carbocycles. The maximum Gasteiger partial charge on any atom is 0 e. The molecule has 3 heterocycles. The normalized spacial score (nSPS) is 13.5. The minimum atomic E-state index is -1.72. The molecule has 0 spiro atoms. The molecule has 0 amide bonds. The van der Waals surface area contributed by atoms with Crippen LogP contribution < -0.4 is 4.40 Å². The molecule has 0 atom stereocenters. The van der Waals surface area contributed by atoms with Gasteiger partial charge in [0.05, 0.1) is 0 Å². The molecule has 49 heavy (non-hydrogen) atoms. The van der Waals surface area contributed by atoms with Crippen molar-refractivity contribution in [2.75, 3.05) is 0 Å². The summed E-state index contributed by atoms with van der Waals surface area (Å²) < 4.78 is 17.2.